The second-order valence-corrected chi connectivity index (χ2v) is 7.88. The third kappa shape index (κ3) is 7.20. The zero-order valence-corrected chi connectivity index (χ0v) is 21.5. The molecule has 1 saturated heterocycles. The van der Waals surface area contributed by atoms with E-state index in [1.54, 1.807) is 6.20 Å². The number of aliphatic imine (C=N–C) groups is 1. The topological polar surface area (TPSA) is 72.7 Å². The Labute approximate surface area is 212 Å². The maximum atomic E-state index is 6.22. The average molecular weight is 561 g/mol. The van der Waals surface area contributed by atoms with E-state index in [-0.39, 0.29) is 30.1 Å². The van der Waals surface area contributed by atoms with Crippen molar-refractivity contribution in [3.8, 4) is 11.4 Å². The highest BCUT2D eigenvalue weighted by Gasteiger charge is 2.18. The van der Waals surface area contributed by atoms with Crippen LogP contribution < -0.4 is 15.4 Å². The number of halogens is 1. The van der Waals surface area contributed by atoms with Crippen molar-refractivity contribution in [2.45, 2.75) is 39.5 Å². The van der Waals surface area contributed by atoms with Crippen LogP contribution >= 0.6 is 24.0 Å². The number of nitrogens with one attached hydrogen (secondary N) is 2. The summed E-state index contributed by atoms with van der Waals surface area (Å²) in [6, 6.07) is 16.5. The molecule has 8 heteroatoms. The number of rotatable bonds is 8. The van der Waals surface area contributed by atoms with Crippen LogP contribution in [0.5, 0.6) is 5.75 Å². The predicted molar refractivity (Wildman–Crippen MR) is 142 cm³/mol. The van der Waals surface area contributed by atoms with Gasteiger partial charge in [0.15, 0.2) is 5.96 Å². The van der Waals surface area contributed by atoms with Gasteiger partial charge in [-0.3, -0.25) is 0 Å². The lowest BCUT2D eigenvalue weighted by Crippen LogP contribution is -2.37. The molecule has 1 aliphatic heterocycles. The van der Waals surface area contributed by atoms with E-state index in [1.807, 2.05) is 29.1 Å². The fourth-order valence-corrected chi connectivity index (χ4v) is 3.61. The molecule has 7 nitrogen and oxygen atoms in total. The van der Waals surface area contributed by atoms with Crippen molar-refractivity contribution in [1.29, 1.82) is 0 Å². The second-order valence-electron chi connectivity index (χ2n) is 7.88. The minimum atomic E-state index is 0. The van der Waals surface area contributed by atoms with E-state index in [4.69, 9.17) is 14.5 Å². The van der Waals surface area contributed by atoms with Gasteiger partial charge in [-0.25, -0.2) is 9.67 Å². The normalized spacial score (nSPS) is 15.7. The number of nitrogens with zero attached hydrogens (tertiary/aromatic N) is 3. The highest BCUT2D eigenvalue weighted by atomic mass is 127. The predicted octanol–water partition coefficient (Wildman–Crippen LogP) is 4.22. The lowest BCUT2D eigenvalue weighted by Gasteiger charge is -2.18. The monoisotopic (exact) mass is 561 g/mol. The number of aryl methyl sites for hydroxylation is 1. The Hall–Kier alpha value is -2.59. The molecule has 3 aromatic rings. The van der Waals surface area contributed by atoms with Crippen molar-refractivity contribution in [1.82, 2.24) is 20.4 Å². The summed E-state index contributed by atoms with van der Waals surface area (Å²) in [7, 11) is 0. The molecular weight excluding hydrogens is 529 g/mol. The number of hydrogen-bond donors (Lipinski definition) is 2. The first-order chi connectivity index (χ1) is 15.7. The van der Waals surface area contributed by atoms with E-state index in [1.165, 1.54) is 5.56 Å². The molecule has 2 heterocycles. The van der Waals surface area contributed by atoms with Crippen LogP contribution in [0.4, 0.5) is 0 Å². The molecular formula is C25H32IN5O2. The highest BCUT2D eigenvalue weighted by Crippen LogP contribution is 2.23. The first-order valence-electron chi connectivity index (χ1n) is 11.2. The number of benzene rings is 2. The molecule has 0 aliphatic carbocycles. The van der Waals surface area contributed by atoms with Crippen LogP contribution in [0.2, 0.25) is 0 Å². The van der Waals surface area contributed by atoms with Gasteiger partial charge in [-0.05, 0) is 49.2 Å². The Morgan fingerprint density at radius 2 is 2.12 bits per heavy atom. The van der Waals surface area contributed by atoms with Crippen LogP contribution in [0.15, 0.2) is 65.9 Å². The summed E-state index contributed by atoms with van der Waals surface area (Å²) in [6.07, 6.45) is 4.77. The van der Waals surface area contributed by atoms with Gasteiger partial charge in [-0.1, -0.05) is 24.3 Å². The lowest BCUT2D eigenvalue weighted by atomic mass is 10.1. The third-order valence-electron chi connectivity index (χ3n) is 5.29. The van der Waals surface area contributed by atoms with Crippen LogP contribution in [-0.2, 0) is 17.8 Å². The fourth-order valence-electron chi connectivity index (χ4n) is 3.61. The summed E-state index contributed by atoms with van der Waals surface area (Å²) in [5.74, 6) is 1.68. The van der Waals surface area contributed by atoms with Crippen LogP contribution in [0.3, 0.4) is 0 Å². The SMILES string of the molecule is CCNC(=NCc1cccc(-n2cccn2)c1)NCc1ccc(C)cc1OC1CCOC1.I. The first kappa shape index (κ1) is 25.0. The zero-order chi connectivity index (χ0) is 22.2. The molecule has 176 valence electrons. The highest BCUT2D eigenvalue weighted by molar-refractivity contribution is 14.0. The second kappa shape index (κ2) is 12.6. The van der Waals surface area contributed by atoms with Gasteiger partial charge in [0.25, 0.3) is 0 Å². The molecule has 1 aliphatic rings. The molecule has 2 aromatic carbocycles. The van der Waals surface area contributed by atoms with Crippen molar-refractivity contribution in [2.24, 2.45) is 4.99 Å². The van der Waals surface area contributed by atoms with Crippen molar-refractivity contribution in [3.05, 3.63) is 77.6 Å². The van der Waals surface area contributed by atoms with Crippen molar-refractivity contribution in [2.75, 3.05) is 19.8 Å². The maximum Gasteiger partial charge on any atom is 0.191 e. The minimum Gasteiger partial charge on any atom is -0.488 e. The average Bonchev–Trinajstić information content (AvgIpc) is 3.51. The largest absolute Gasteiger partial charge is 0.488 e. The zero-order valence-electron chi connectivity index (χ0n) is 19.2. The number of hydrogen-bond acceptors (Lipinski definition) is 4. The van der Waals surface area contributed by atoms with E-state index < -0.39 is 0 Å². The van der Waals surface area contributed by atoms with Gasteiger partial charge >= 0.3 is 0 Å². The van der Waals surface area contributed by atoms with Crippen LogP contribution in [0, 0.1) is 6.92 Å². The van der Waals surface area contributed by atoms with E-state index in [2.05, 4.69) is 59.9 Å². The Balaban J connectivity index is 0.00000306. The summed E-state index contributed by atoms with van der Waals surface area (Å²) in [6.45, 7) is 7.55. The van der Waals surface area contributed by atoms with Crippen LogP contribution in [0.25, 0.3) is 5.69 Å². The third-order valence-corrected chi connectivity index (χ3v) is 5.29. The van der Waals surface area contributed by atoms with Gasteiger partial charge in [-0.15, -0.1) is 24.0 Å². The number of ether oxygens (including phenoxy) is 2. The van der Waals surface area contributed by atoms with E-state index >= 15 is 0 Å². The number of guanidine groups is 1. The summed E-state index contributed by atoms with van der Waals surface area (Å²) < 4.78 is 13.5. The Morgan fingerprint density at radius 1 is 1.21 bits per heavy atom. The minimum absolute atomic E-state index is 0. The molecule has 1 unspecified atom stereocenters. The van der Waals surface area contributed by atoms with Crippen LogP contribution in [-0.4, -0.2) is 41.6 Å². The Kier molecular flexibility index (Phi) is 9.56. The van der Waals surface area contributed by atoms with E-state index in [0.717, 1.165) is 48.1 Å². The quantitative estimate of drug-likeness (QED) is 0.245. The van der Waals surface area contributed by atoms with Crippen molar-refractivity contribution < 1.29 is 9.47 Å². The molecule has 0 bridgehead atoms. The first-order valence-corrected chi connectivity index (χ1v) is 11.2. The van der Waals surface area contributed by atoms with Gasteiger partial charge in [0.05, 0.1) is 25.4 Å². The summed E-state index contributed by atoms with van der Waals surface area (Å²) in [5, 5.41) is 11.1. The van der Waals surface area contributed by atoms with Gasteiger partial charge in [0.2, 0.25) is 0 Å². The van der Waals surface area contributed by atoms with E-state index in [9.17, 15) is 0 Å². The number of aromatic nitrogens is 2. The maximum absolute atomic E-state index is 6.22. The Bertz CT molecular complexity index is 1030. The standard InChI is InChI=1S/C25H31N5O2.HI/c1-3-26-25(27-16-20-6-4-7-22(15-20)30-12-5-11-29-30)28-17-21-9-8-19(2)14-24(21)32-23-10-13-31-18-23;/h4-9,11-12,14-15,23H,3,10,13,16-18H2,1-2H3,(H2,26,27,28);1H. The molecule has 1 aromatic heterocycles. The molecule has 0 saturated carbocycles. The van der Waals surface area contributed by atoms with Gasteiger partial charge < -0.3 is 20.1 Å². The molecule has 0 amide bonds. The molecule has 33 heavy (non-hydrogen) atoms. The lowest BCUT2D eigenvalue weighted by molar-refractivity contribution is 0.140. The van der Waals surface area contributed by atoms with Crippen molar-refractivity contribution in [3.63, 3.8) is 0 Å². The molecule has 1 atom stereocenters. The smallest absolute Gasteiger partial charge is 0.191 e. The molecule has 1 fully saturated rings. The molecule has 2 N–H and O–H groups in total. The summed E-state index contributed by atoms with van der Waals surface area (Å²) in [4.78, 5) is 4.78. The summed E-state index contributed by atoms with van der Waals surface area (Å²) in [5.41, 5.74) is 4.43. The van der Waals surface area contributed by atoms with E-state index in [0.29, 0.717) is 19.7 Å². The fraction of sp³-hybridized carbons (Fsp3) is 0.360. The van der Waals surface area contributed by atoms with Gasteiger partial charge in [0, 0.05) is 37.5 Å². The molecule has 0 radical (unpaired) electrons. The Morgan fingerprint density at radius 3 is 2.88 bits per heavy atom. The molecule has 0 spiro atoms. The van der Waals surface area contributed by atoms with Gasteiger partial charge in [-0.2, -0.15) is 5.10 Å². The van der Waals surface area contributed by atoms with Crippen molar-refractivity contribution >= 4 is 29.9 Å². The summed E-state index contributed by atoms with van der Waals surface area (Å²) >= 11 is 0. The van der Waals surface area contributed by atoms with Gasteiger partial charge in [0.1, 0.15) is 11.9 Å². The molecule has 4 rings (SSSR count). The van der Waals surface area contributed by atoms with Crippen LogP contribution in [0.1, 0.15) is 30.0 Å².